The first-order chi connectivity index (χ1) is 12.0. The minimum atomic E-state index is -0.163. The lowest BCUT2D eigenvalue weighted by atomic mass is 9.96. The van der Waals surface area contributed by atoms with E-state index in [0.717, 1.165) is 0 Å². The van der Waals surface area contributed by atoms with Gasteiger partial charge in [0.1, 0.15) is 0 Å². The highest BCUT2D eigenvalue weighted by Gasteiger charge is 2.32. The summed E-state index contributed by atoms with van der Waals surface area (Å²) in [4.78, 5) is 42.8. The van der Waals surface area contributed by atoms with Gasteiger partial charge >= 0.3 is 5.97 Å². The summed E-state index contributed by atoms with van der Waals surface area (Å²) in [6.07, 6.45) is 3.17. The van der Waals surface area contributed by atoms with E-state index in [0.29, 0.717) is 55.4 Å². The van der Waals surface area contributed by atoms with E-state index in [1.165, 1.54) is 11.8 Å². The number of thioether (sulfide) groups is 1. The van der Waals surface area contributed by atoms with Gasteiger partial charge < -0.3 is 9.64 Å². The summed E-state index contributed by atoms with van der Waals surface area (Å²) >= 11 is 1.52. The average molecular weight is 365 g/mol. The number of nitrogens with zero attached hydrogens (tertiary/aromatic N) is 3. The second-order valence-electron chi connectivity index (χ2n) is 6.48. The molecule has 25 heavy (non-hydrogen) atoms. The zero-order chi connectivity index (χ0) is 18.0. The van der Waals surface area contributed by atoms with E-state index in [2.05, 4.69) is 4.98 Å². The number of ether oxygens (including phenoxy) is 1. The minimum absolute atomic E-state index is 0.0363. The number of hydrogen-bond donors (Lipinski definition) is 0. The fourth-order valence-corrected chi connectivity index (χ4v) is 4.43. The van der Waals surface area contributed by atoms with E-state index in [1.807, 2.05) is 0 Å². The molecule has 1 atom stereocenters. The minimum Gasteiger partial charge on any atom is -0.466 e. The molecule has 136 valence electrons. The maximum Gasteiger partial charge on any atom is 0.309 e. The Bertz CT molecular complexity index is 725. The number of likely N-dealkylation sites (tertiary alicyclic amines) is 1. The molecule has 2 aliphatic rings. The van der Waals surface area contributed by atoms with Crippen molar-refractivity contribution in [2.75, 3.05) is 25.4 Å². The lowest BCUT2D eigenvalue weighted by Gasteiger charge is -2.31. The monoisotopic (exact) mass is 365 g/mol. The Hall–Kier alpha value is -1.83. The molecule has 3 rings (SSSR count). The number of amides is 1. The smallest absolute Gasteiger partial charge is 0.309 e. The van der Waals surface area contributed by atoms with Gasteiger partial charge in [-0.05, 0) is 26.7 Å². The van der Waals surface area contributed by atoms with Crippen LogP contribution in [0, 0.1) is 12.8 Å². The van der Waals surface area contributed by atoms with Crippen molar-refractivity contribution in [3.63, 3.8) is 0 Å². The molecule has 1 saturated heterocycles. The Labute approximate surface area is 150 Å². The van der Waals surface area contributed by atoms with Crippen molar-refractivity contribution in [2.24, 2.45) is 5.92 Å². The molecule has 1 aromatic rings. The number of fused-ring (bicyclic) bond motifs is 1. The van der Waals surface area contributed by atoms with E-state index in [-0.39, 0.29) is 29.4 Å². The van der Waals surface area contributed by atoms with Gasteiger partial charge in [0.2, 0.25) is 5.91 Å². The van der Waals surface area contributed by atoms with Crippen molar-refractivity contribution in [1.82, 2.24) is 14.5 Å². The predicted molar refractivity (Wildman–Crippen MR) is 93.5 cm³/mol. The Morgan fingerprint density at radius 3 is 2.76 bits per heavy atom. The molecular weight excluding hydrogens is 342 g/mol. The molecule has 3 heterocycles. The normalized spacial score (nSPS) is 20.4. The Kier molecular flexibility index (Phi) is 5.46. The first kappa shape index (κ1) is 18.0. The third-order valence-corrected chi connectivity index (χ3v) is 5.89. The standard InChI is InChI=1S/C17H23N3O4S/c1-3-24-16(23)12-4-6-19(7-5-12)14(21)8-13-10-25-17-18-9-11(2)15(22)20(13)17/h9,12-13H,3-8,10H2,1-2H3. The number of aryl methyl sites for hydroxylation is 1. The van der Waals surface area contributed by atoms with Crippen LogP contribution >= 0.6 is 11.8 Å². The van der Waals surface area contributed by atoms with E-state index in [1.54, 1.807) is 29.5 Å². The highest BCUT2D eigenvalue weighted by Crippen LogP contribution is 2.32. The zero-order valence-electron chi connectivity index (χ0n) is 14.6. The van der Waals surface area contributed by atoms with E-state index in [9.17, 15) is 14.4 Å². The Balaban J connectivity index is 1.60. The number of rotatable bonds is 4. The lowest BCUT2D eigenvalue weighted by Crippen LogP contribution is -2.41. The highest BCUT2D eigenvalue weighted by molar-refractivity contribution is 7.99. The van der Waals surface area contributed by atoms with Gasteiger partial charge in [0.05, 0.1) is 18.6 Å². The average Bonchev–Trinajstić information content (AvgIpc) is 3.02. The molecule has 2 aliphatic heterocycles. The first-order valence-corrected chi connectivity index (χ1v) is 9.65. The maximum absolute atomic E-state index is 12.6. The summed E-state index contributed by atoms with van der Waals surface area (Å²) in [6, 6.07) is -0.143. The van der Waals surface area contributed by atoms with E-state index < -0.39 is 0 Å². The van der Waals surface area contributed by atoms with Gasteiger partial charge in [-0.3, -0.25) is 19.0 Å². The highest BCUT2D eigenvalue weighted by atomic mass is 32.2. The van der Waals surface area contributed by atoms with Crippen LogP contribution in [-0.2, 0) is 14.3 Å². The maximum atomic E-state index is 12.6. The van der Waals surface area contributed by atoms with Crippen molar-refractivity contribution in [1.29, 1.82) is 0 Å². The molecule has 0 bridgehead atoms. The molecule has 1 unspecified atom stereocenters. The van der Waals surface area contributed by atoms with Crippen LogP contribution in [-0.4, -0.2) is 51.8 Å². The van der Waals surface area contributed by atoms with Crippen LogP contribution < -0.4 is 5.56 Å². The number of aromatic nitrogens is 2. The molecule has 1 fully saturated rings. The van der Waals surface area contributed by atoms with Crippen LogP contribution in [0.15, 0.2) is 16.1 Å². The molecule has 0 saturated carbocycles. The molecular formula is C17H23N3O4S. The number of carbonyl (C=O) groups excluding carboxylic acids is 2. The fourth-order valence-electron chi connectivity index (χ4n) is 3.33. The molecule has 1 aromatic heterocycles. The molecule has 0 aliphatic carbocycles. The predicted octanol–water partition coefficient (Wildman–Crippen LogP) is 1.39. The van der Waals surface area contributed by atoms with Crippen molar-refractivity contribution >= 4 is 23.6 Å². The summed E-state index contributed by atoms with van der Waals surface area (Å²) in [5, 5.41) is 0.689. The van der Waals surface area contributed by atoms with Gasteiger partial charge in [-0.15, -0.1) is 0 Å². The van der Waals surface area contributed by atoms with Crippen LogP contribution in [0.3, 0.4) is 0 Å². The number of piperidine rings is 1. The van der Waals surface area contributed by atoms with E-state index >= 15 is 0 Å². The van der Waals surface area contributed by atoms with Crippen LogP contribution in [0.1, 0.15) is 37.8 Å². The summed E-state index contributed by atoms with van der Waals surface area (Å²) in [5.41, 5.74) is 0.535. The topological polar surface area (TPSA) is 81.5 Å². The number of carbonyl (C=O) groups is 2. The van der Waals surface area contributed by atoms with Crippen molar-refractivity contribution in [3.8, 4) is 0 Å². The summed E-state index contributed by atoms with van der Waals surface area (Å²) in [6.45, 7) is 5.06. The molecule has 0 N–H and O–H groups in total. The third-order valence-electron chi connectivity index (χ3n) is 4.78. The van der Waals surface area contributed by atoms with Gasteiger partial charge in [-0.2, -0.15) is 0 Å². The zero-order valence-corrected chi connectivity index (χ0v) is 15.4. The molecule has 0 radical (unpaired) electrons. The fraction of sp³-hybridized carbons (Fsp3) is 0.647. The molecule has 0 spiro atoms. The summed E-state index contributed by atoms with van der Waals surface area (Å²) in [7, 11) is 0. The molecule has 8 heteroatoms. The summed E-state index contributed by atoms with van der Waals surface area (Å²) in [5.74, 6) is 0.454. The molecule has 1 amide bonds. The van der Waals surface area contributed by atoms with Gasteiger partial charge in [0.15, 0.2) is 5.16 Å². The quantitative estimate of drug-likeness (QED) is 0.592. The van der Waals surface area contributed by atoms with Crippen LogP contribution in [0.5, 0.6) is 0 Å². The largest absolute Gasteiger partial charge is 0.466 e. The number of hydrogen-bond acceptors (Lipinski definition) is 6. The number of esters is 1. The second-order valence-corrected chi connectivity index (χ2v) is 7.46. The second kappa shape index (κ2) is 7.59. The third kappa shape index (κ3) is 3.73. The van der Waals surface area contributed by atoms with Gasteiger partial charge in [0, 0.05) is 37.0 Å². The van der Waals surface area contributed by atoms with Gasteiger partial charge in [-0.1, -0.05) is 11.8 Å². The molecule has 0 aromatic carbocycles. The Morgan fingerprint density at radius 1 is 1.36 bits per heavy atom. The van der Waals surface area contributed by atoms with Crippen LogP contribution in [0.4, 0.5) is 0 Å². The van der Waals surface area contributed by atoms with Crippen LogP contribution in [0.2, 0.25) is 0 Å². The lowest BCUT2D eigenvalue weighted by molar-refractivity contribution is -0.151. The van der Waals surface area contributed by atoms with Crippen molar-refractivity contribution in [2.45, 2.75) is 44.3 Å². The SMILES string of the molecule is CCOC(=O)C1CCN(C(=O)CC2CSc3ncc(C)c(=O)n32)CC1. The van der Waals surface area contributed by atoms with Gasteiger partial charge in [0.25, 0.3) is 5.56 Å². The molecule has 7 nitrogen and oxygen atoms in total. The van der Waals surface area contributed by atoms with Gasteiger partial charge in [-0.25, -0.2) is 4.98 Å². The van der Waals surface area contributed by atoms with E-state index in [4.69, 9.17) is 4.74 Å². The van der Waals surface area contributed by atoms with Crippen LogP contribution in [0.25, 0.3) is 0 Å². The summed E-state index contributed by atoms with van der Waals surface area (Å²) < 4.78 is 6.71. The first-order valence-electron chi connectivity index (χ1n) is 8.66. The van der Waals surface area contributed by atoms with Crippen molar-refractivity contribution in [3.05, 3.63) is 22.1 Å². The van der Waals surface area contributed by atoms with Crippen molar-refractivity contribution < 1.29 is 14.3 Å². The Morgan fingerprint density at radius 2 is 2.08 bits per heavy atom.